The molecule has 1 amide bonds. The molecule has 4 aromatic rings. The zero-order chi connectivity index (χ0) is 28.5. The van der Waals surface area contributed by atoms with Gasteiger partial charge in [0, 0.05) is 36.3 Å². The highest BCUT2D eigenvalue weighted by Gasteiger charge is 2.36. The number of aromatic amines is 1. The quantitative estimate of drug-likeness (QED) is 0.264. The van der Waals surface area contributed by atoms with Crippen LogP contribution in [0.3, 0.4) is 0 Å². The van der Waals surface area contributed by atoms with E-state index < -0.39 is 5.41 Å². The number of Topliss-reactive ketones (excluding diaryl/α,β-unsaturated/α-hetero) is 1. The fraction of sp³-hybridized carbons (Fsp3) is 0.452. The van der Waals surface area contributed by atoms with E-state index in [2.05, 4.69) is 68.2 Å². The Morgan fingerprint density at radius 1 is 1.08 bits per heavy atom. The molecule has 1 aromatic carbocycles. The van der Waals surface area contributed by atoms with Gasteiger partial charge < -0.3 is 4.90 Å². The minimum atomic E-state index is -0.495. The number of amides is 1. The number of nitrogens with one attached hydrogen (secondary N) is 1. The summed E-state index contributed by atoms with van der Waals surface area (Å²) in [5.41, 5.74) is 4.89. The van der Waals surface area contributed by atoms with Gasteiger partial charge in [-0.05, 0) is 36.3 Å². The average Bonchev–Trinajstić information content (AvgIpc) is 3.56. The van der Waals surface area contributed by atoms with Crippen LogP contribution in [0.1, 0.15) is 87.0 Å². The normalized spacial score (nSPS) is 13.0. The first-order valence-corrected chi connectivity index (χ1v) is 13.6. The number of fused-ring (bicyclic) bond motifs is 1. The number of nitrogens with zero attached hydrogens (tertiary/aromatic N) is 5. The maximum atomic E-state index is 13.8. The van der Waals surface area contributed by atoms with Crippen LogP contribution in [0.25, 0.3) is 16.9 Å². The third kappa shape index (κ3) is 5.95. The third-order valence-electron chi connectivity index (χ3n) is 7.51. The molecule has 0 bridgehead atoms. The predicted molar refractivity (Wildman–Crippen MR) is 154 cm³/mol. The van der Waals surface area contributed by atoms with Gasteiger partial charge in [0.1, 0.15) is 11.4 Å². The molecule has 8 nitrogen and oxygen atoms in total. The van der Waals surface area contributed by atoms with Crippen molar-refractivity contribution in [2.45, 2.75) is 67.2 Å². The van der Waals surface area contributed by atoms with Crippen LogP contribution in [0, 0.1) is 18.3 Å². The van der Waals surface area contributed by atoms with Crippen LogP contribution in [-0.2, 0) is 5.41 Å². The van der Waals surface area contributed by atoms with Crippen molar-refractivity contribution in [1.82, 2.24) is 29.7 Å². The van der Waals surface area contributed by atoms with Crippen molar-refractivity contribution in [2.75, 3.05) is 13.1 Å². The summed E-state index contributed by atoms with van der Waals surface area (Å²) in [5, 5.41) is 11.5. The van der Waals surface area contributed by atoms with Crippen molar-refractivity contribution in [1.29, 1.82) is 0 Å². The molecule has 8 heteroatoms. The highest BCUT2D eigenvalue weighted by Crippen LogP contribution is 2.33. The number of rotatable bonds is 9. The second-order valence-corrected chi connectivity index (χ2v) is 12.2. The lowest BCUT2D eigenvalue weighted by Gasteiger charge is -2.36. The zero-order valence-corrected chi connectivity index (χ0v) is 24.4. The van der Waals surface area contributed by atoms with Crippen molar-refractivity contribution in [3.63, 3.8) is 0 Å². The Morgan fingerprint density at radius 3 is 2.36 bits per heavy atom. The number of aromatic nitrogens is 5. The average molecular weight is 529 g/mol. The van der Waals surface area contributed by atoms with E-state index in [1.807, 2.05) is 27.7 Å². The van der Waals surface area contributed by atoms with Crippen LogP contribution in [0.4, 0.5) is 0 Å². The second-order valence-electron chi connectivity index (χ2n) is 12.2. The number of hydrogen-bond donors (Lipinski definition) is 1. The number of imidazole rings is 1. The molecule has 1 atom stereocenters. The minimum Gasteiger partial charge on any atom is -0.337 e. The molecule has 0 aliphatic rings. The second kappa shape index (κ2) is 10.8. The lowest BCUT2D eigenvalue weighted by atomic mass is 9.76. The van der Waals surface area contributed by atoms with Gasteiger partial charge in [0.25, 0.3) is 5.91 Å². The summed E-state index contributed by atoms with van der Waals surface area (Å²) in [6.07, 6.45) is 4.13. The Kier molecular flexibility index (Phi) is 7.77. The molecular weight excluding hydrogens is 488 g/mol. The molecule has 3 aromatic heterocycles. The van der Waals surface area contributed by atoms with Gasteiger partial charge in [-0.2, -0.15) is 10.2 Å². The number of carbonyl (C=O) groups excluding carboxylic acids is 2. The van der Waals surface area contributed by atoms with Gasteiger partial charge >= 0.3 is 0 Å². The predicted octanol–water partition coefficient (Wildman–Crippen LogP) is 6.12. The molecule has 0 spiro atoms. The molecule has 0 radical (unpaired) electrons. The summed E-state index contributed by atoms with van der Waals surface area (Å²) in [6, 6.07) is 12.0. The maximum absolute atomic E-state index is 13.8. The molecule has 4 rings (SSSR count). The number of aryl methyl sites for hydroxylation is 1. The Balaban J connectivity index is 1.66. The van der Waals surface area contributed by atoms with E-state index in [1.165, 1.54) is 5.56 Å². The number of H-pyrrole nitrogens is 1. The van der Waals surface area contributed by atoms with Gasteiger partial charge in [-0.15, -0.1) is 0 Å². The Hall–Kier alpha value is -3.81. The maximum Gasteiger partial charge on any atom is 0.271 e. The summed E-state index contributed by atoms with van der Waals surface area (Å²) in [7, 11) is 0. The smallest absolute Gasteiger partial charge is 0.271 e. The lowest BCUT2D eigenvalue weighted by Crippen LogP contribution is -2.44. The summed E-state index contributed by atoms with van der Waals surface area (Å²) in [4.78, 5) is 33.5. The van der Waals surface area contributed by atoms with E-state index in [-0.39, 0.29) is 23.0 Å². The third-order valence-corrected chi connectivity index (χ3v) is 7.51. The Bertz CT molecular complexity index is 1460. The van der Waals surface area contributed by atoms with Gasteiger partial charge in [-0.1, -0.05) is 78.3 Å². The van der Waals surface area contributed by atoms with Crippen LogP contribution < -0.4 is 0 Å². The highest BCUT2D eigenvalue weighted by atomic mass is 16.2. The minimum absolute atomic E-state index is 0.0623. The van der Waals surface area contributed by atoms with E-state index >= 15 is 0 Å². The van der Waals surface area contributed by atoms with Gasteiger partial charge in [-0.3, -0.25) is 14.7 Å². The summed E-state index contributed by atoms with van der Waals surface area (Å²) in [6.45, 7) is 17.5. The molecule has 39 heavy (non-hydrogen) atoms. The molecule has 0 aliphatic carbocycles. The highest BCUT2D eigenvalue weighted by molar-refractivity contribution is 5.97. The van der Waals surface area contributed by atoms with Crippen molar-refractivity contribution in [3.05, 3.63) is 71.3 Å². The molecular formula is C31H40N6O2. The lowest BCUT2D eigenvalue weighted by molar-refractivity contribution is 0.0571. The molecule has 3 heterocycles. The summed E-state index contributed by atoms with van der Waals surface area (Å²) >= 11 is 0. The molecule has 0 saturated heterocycles. The molecule has 0 saturated carbocycles. The summed E-state index contributed by atoms with van der Waals surface area (Å²) in [5.74, 6) is -0.559. The van der Waals surface area contributed by atoms with Crippen LogP contribution in [0.5, 0.6) is 0 Å². The summed E-state index contributed by atoms with van der Waals surface area (Å²) < 4.78 is 1.74. The van der Waals surface area contributed by atoms with Gasteiger partial charge in [0.05, 0.1) is 11.9 Å². The largest absolute Gasteiger partial charge is 0.337 e. The first-order valence-electron chi connectivity index (χ1n) is 13.6. The topological polar surface area (TPSA) is 96.2 Å². The van der Waals surface area contributed by atoms with Crippen LogP contribution in [0.15, 0.2) is 48.8 Å². The monoisotopic (exact) mass is 528 g/mol. The van der Waals surface area contributed by atoms with E-state index in [1.54, 1.807) is 27.9 Å². The van der Waals surface area contributed by atoms with Gasteiger partial charge in [-0.25, -0.2) is 9.50 Å². The fourth-order valence-electron chi connectivity index (χ4n) is 4.79. The van der Waals surface area contributed by atoms with Crippen LogP contribution in [-0.4, -0.2) is 54.5 Å². The molecule has 206 valence electrons. The van der Waals surface area contributed by atoms with Crippen molar-refractivity contribution >= 4 is 17.3 Å². The van der Waals surface area contributed by atoms with Crippen molar-refractivity contribution < 1.29 is 9.59 Å². The van der Waals surface area contributed by atoms with E-state index in [9.17, 15) is 9.59 Å². The first kappa shape index (κ1) is 28.2. The Morgan fingerprint density at radius 2 is 1.77 bits per heavy atom. The fourth-order valence-corrected chi connectivity index (χ4v) is 4.79. The molecule has 0 aliphatic heterocycles. The van der Waals surface area contributed by atoms with Gasteiger partial charge in [0.15, 0.2) is 11.4 Å². The SMILES string of the molecule is CCCN(CC(C)(C)C(C)C(=O)c1cn2nc(-c3ccc(C)cc3)cc(C(C)(C)C)c2n1)C(=O)c1ccn[nH]1. The standard InChI is InChI=1S/C31H40N6O2/c1-9-16-36(29(39)24-14-15-32-34-24)19-31(7,8)21(3)27(38)26-18-37-28(33-26)23(30(4,5)6)17-25(35-37)22-12-10-20(2)11-13-22/h10-15,17-18,21H,9,16,19H2,1-8H3,(H,32,34). The molecule has 1 unspecified atom stereocenters. The van der Waals surface area contributed by atoms with E-state index in [0.717, 1.165) is 23.2 Å². The number of carbonyl (C=O) groups is 2. The molecule has 1 N–H and O–H groups in total. The number of hydrogen-bond acceptors (Lipinski definition) is 5. The number of ketones is 1. The van der Waals surface area contributed by atoms with Crippen LogP contribution >= 0.6 is 0 Å². The number of benzene rings is 1. The Labute approximate surface area is 230 Å². The van der Waals surface area contributed by atoms with Crippen molar-refractivity contribution in [3.8, 4) is 11.3 Å². The zero-order valence-electron chi connectivity index (χ0n) is 24.4. The first-order chi connectivity index (χ1) is 18.3. The van der Waals surface area contributed by atoms with Crippen LogP contribution in [0.2, 0.25) is 0 Å². The van der Waals surface area contributed by atoms with E-state index in [0.29, 0.717) is 30.1 Å². The van der Waals surface area contributed by atoms with E-state index in [4.69, 9.17) is 10.1 Å². The van der Waals surface area contributed by atoms with Crippen molar-refractivity contribution in [2.24, 2.45) is 11.3 Å². The van der Waals surface area contributed by atoms with Gasteiger partial charge in [0.2, 0.25) is 0 Å². The molecule has 0 fully saturated rings.